The summed E-state index contributed by atoms with van der Waals surface area (Å²) in [6, 6.07) is 15.7. The second kappa shape index (κ2) is 9.84. The Morgan fingerprint density at radius 2 is 2.03 bits per heavy atom. The second-order valence-electron chi connectivity index (χ2n) is 6.80. The molecule has 0 spiro atoms. The number of benzene rings is 2. The first-order chi connectivity index (χ1) is 14.7. The van der Waals surface area contributed by atoms with Gasteiger partial charge in [0.25, 0.3) is 11.3 Å². The molecule has 1 aliphatic heterocycles. The summed E-state index contributed by atoms with van der Waals surface area (Å²) in [6.45, 7) is 1.85. The van der Waals surface area contributed by atoms with Gasteiger partial charge < -0.3 is 10.2 Å². The molecule has 2 N–H and O–H groups in total. The van der Waals surface area contributed by atoms with E-state index in [2.05, 4.69) is 38.1 Å². The van der Waals surface area contributed by atoms with Crippen LogP contribution in [0.2, 0.25) is 0 Å². The van der Waals surface area contributed by atoms with Crippen LogP contribution in [0.5, 0.6) is 0 Å². The van der Waals surface area contributed by atoms with Crippen LogP contribution in [0.1, 0.15) is 17.5 Å². The number of fused-ring (bicyclic) bond motifs is 1. The normalized spacial score (nSPS) is 13.7. The maximum absolute atomic E-state index is 12.3. The quantitative estimate of drug-likeness (QED) is 0.527. The number of thiazole rings is 1. The van der Waals surface area contributed by atoms with Crippen LogP contribution in [0.4, 0.5) is 16.5 Å². The van der Waals surface area contributed by atoms with Crippen LogP contribution in [0.25, 0.3) is 0 Å². The number of hydrogen-bond donors (Lipinski definition) is 2. The van der Waals surface area contributed by atoms with Crippen molar-refractivity contribution >= 4 is 45.0 Å². The van der Waals surface area contributed by atoms with E-state index in [1.54, 1.807) is 11.6 Å². The van der Waals surface area contributed by atoms with Gasteiger partial charge in [0.05, 0.1) is 6.61 Å². The molecule has 0 bridgehead atoms. The van der Waals surface area contributed by atoms with E-state index < -0.39 is 11.3 Å². The summed E-state index contributed by atoms with van der Waals surface area (Å²) in [4.78, 5) is 18.6. The molecular formula is C21H22N4O3S2. The number of carbonyl (C=O) groups excluding carboxylic acids is 1. The van der Waals surface area contributed by atoms with Crippen molar-refractivity contribution < 1.29 is 13.2 Å². The van der Waals surface area contributed by atoms with Gasteiger partial charge in [0.15, 0.2) is 5.13 Å². The number of nitrogens with zero attached hydrogens (tertiary/aromatic N) is 2. The Morgan fingerprint density at radius 3 is 2.83 bits per heavy atom. The lowest BCUT2D eigenvalue weighted by molar-refractivity contribution is -0.116. The van der Waals surface area contributed by atoms with Crippen LogP contribution in [-0.4, -0.2) is 28.2 Å². The Hall–Kier alpha value is -2.75. The number of rotatable bonds is 9. The summed E-state index contributed by atoms with van der Waals surface area (Å²) in [5.74, 6) is -0.0165. The van der Waals surface area contributed by atoms with Crippen molar-refractivity contribution in [2.75, 3.05) is 28.0 Å². The number of carbonyl (C=O) groups is 1. The molecule has 0 fully saturated rings. The highest BCUT2D eigenvalue weighted by molar-refractivity contribution is 7.81. The van der Waals surface area contributed by atoms with Gasteiger partial charge in [-0.05, 0) is 35.7 Å². The number of anilines is 3. The fourth-order valence-electron chi connectivity index (χ4n) is 3.28. The number of aromatic nitrogens is 1. The molecule has 1 amide bonds. The van der Waals surface area contributed by atoms with Crippen molar-refractivity contribution in [2.45, 2.75) is 19.4 Å². The average Bonchev–Trinajstić information content (AvgIpc) is 3.41. The van der Waals surface area contributed by atoms with E-state index in [4.69, 9.17) is 4.18 Å². The molecule has 2 heterocycles. The Kier molecular flexibility index (Phi) is 6.73. The van der Waals surface area contributed by atoms with Gasteiger partial charge in [-0.3, -0.25) is 13.7 Å². The topological polar surface area (TPSA) is 83.6 Å². The lowest BCUT2D eigenvalue weighted by atomic mass is 10.2. The van der Waals surface area contributed by atoms with E-state index in [1.165, 1.54) is 22.6 Å². The summed E-state index contributed by atoms with van der Waals surface area (Å²) in [6.07, 6.45) is 3.09. The van der Waals surface area contributed by atoms with Crippen molar-refractivity contribution in [3.63, 3.8) is 0 Å². The standard InChI is InChI=1S/C21H22N4O3S2/c26-20(10-13-25-12-9-17-3-1-2-4-19(17)25)23-18-7-5-16(6-8-18)15-28-30(27)24-21-22-11-14-29-21/h1-8,11,14H,9-10,12-13,15H2,(H,22,24)(H,23,26). The third-order valence-electron chi connectivity index (χ3n) is 4.77. The minimum atomic E-state index is -1.66. The van der Waals surface area contributed by atoms with E-state index in [1.807, 2.05) is 30.3 Å². The van der Waals surface area contributed by atoms with Crippen molar-refractivity contribution in [3.8, 4) is 0 Å². The van der Waals surface area contributed by atoms with Gasteiger partial charge in [0.1, 0.15) is 0 Å². The molecule has 156 valence electrons. The van der Waals surface area contributed by atoms with Crippen molar-refractivity contribution in [3.05, 3.63) is 71.2 Å². The number of para-hydroxylation sites is 1. The number of amides is 1. The molecule has 7 nitrogen and oxygen atoms in total. The molecule has 0 aliphatic carbocycles. The molecule has 30 heavy (non-hydrogen) atoms. The van der Waals surface area contributed by atoms with Gasteiger partial charge in [-0.25, -0.2) is 9.19 Å². The summed E-state index contributed by atoms with van der Waals surface area (Å²) >= 11 is -0.310. The summed E-state index contributed by atoms with van der Waals surface area (Å²) in [5.41, 5.74) is 4.17. The molecule has 1 unspecified atom stereocenters. The lowest BCUT2D eigenvalue weighted by Crippen LogP contribution is -2.26. The van der Waals surface area contributed by atoms with Gasteiger partial charge >= 0.3 is 0 Å². The predicted octanol–water partition coefficient (Wildman–Crippen LogP) is 3.74. The highest BCUT2D eigenvalue weighted by Crippen LogP contribution is 2.27. The summed E-state index contributed by atoms with van der Waals surface area (Å²) in [7, 11) is 0. The molecule has 1 aromatic heterocycles. The van der Waals surface area contributed by atoms with Gasteiger partial charge in [-0.15, -0.1) is 11.3 Å². The molecule has 3 aromatic rings. The third-order valence-corrected chi connectivity index (χ3v) is 6.28. The van der Waals surface area contributed by atoms with E-state index in [0.717, 1.165) is 24.2 Å². The molecule has 4 rings (SSSR count). The van der Waals surface area contributed by atoms with Crippen molar-refractivity contribution in [1.82, 2.24) is 4.98 Å². The fourth-order valence-corrected chi connectivity index (χ4v) is 4.55. The largest absolute Gasteiger partial charge is 0.370 e. The molecular weight excluding hydrogens is 420 g/mol. The predicted molar refractivity (Wildman–Crippen MR) is 121 cm³/mol. The molecule has 9 heteroatoms. The number of nitrogens with one attached hydrogen (secondary N) is 2. The van der Waals surface area contributed by atoms with Gasteiger partial charge in [0, 0.05) is 42.5 Å². The zero-order valence-electron chi connectivity index (χ0n) is 16.2. The zero-order chi connectivity index (χ0) is 20.8. The Morgan fingerprint density at radius 1 is 1.20 bits per heavy atom. The van der Waals surface area contributed by atoms with Crippen LogP contribution in [0, 0.1) is 0 Å². The van der Waals surface area contributed by atoms with Gasteiger partial charge in [-0.2, -0.15) is 0 Å². The number of hydrogen-bond acceptors (Lipinski definition) is 6. The SMILES string of the molecule is O=C(CCN1CCc2ccccc21)Nc1ccc(COS(=O)Nc2nccs2)cc1. The van der Waals surface area contributed by atoms with Crippen molar-refractivity contribution in [1.29, 1.82) is 0 Å². The smallest absolute Gasteiger partial charge is 0.264 e. The first-order valence-electron chi connectivity index (χ1n) is 9.60. The Bertz CT molecular complexity index is 1010. The minimum absolute atomic E-state index is 0.0165. The minimum Gasteiger partial charge on any atom is -0.370 e. The van der Waals surface area contributed by atoms with Crippen LogP contribution in [0.15, 0.2) is 60.1 Å². The molecule has 1 atom stereocenters. The van der Waals surface area contributed by atoms with E-state index in [0.29, 0.717) is 18.1 Å². The highest BCUT2D eigenvalue weighted by Gasteiger charge is 2.18. The lowest BCUT2D eigenvalue weighted by Gasteiger charge is -2.19. The molecule has 0 saturated carbocycles. The first kappa shape index (κ1) is 20.5. The fraction of sp³-hybridized carbons (Fsp3) is 0.238. The molecule has 2 aromatic carbocycles. The average molecular weight is 443 g/mol. The monoisotopic (exact) mass is 442 g/mol. The van der Waals surface area contributed by atoms with E-state index in [-0.39, 0.29) is 12.5 Å². The van der Waals surface area contributed by atoms with E-state index >= 15 is 0 Å². The molecule has 0 radical (unpaired) electrons. The molecule has 1 aliphatic rings. The third kappa shape index (κ3) is 5.44. The van der Waals surface area contributed by atoms with Crippen LogP contribution in [0.3, 0.4) is 0 Å². The van der Waals surface area contributed by atoms with Gasteiger partial charge in [-0.1, -0.05) is 30.3 Å². The van der Waals surface area contributed by atoms with Crippen molar-refractivity contribution in [2.24, 2.45) is 0 Å². The van der Waals surface area contributed by atoms with E-state index in [9.17, 15) is 9.00 Å². The second-order valence-corrected chi connectivity index (χ2v) is 8.60. The summed E-state index contributed by atoms with van der Waals surface area (Å²) in [5, 5.41) is 5.26. The first-order valence-corrected chi connectivity index (χ1v) is 11.6. The van der Waals surface area contributed by atoms with Crippen LogP contribution < -0.4 is 14.9 Å². The Labute approximate surface area is 181 Å². The maximum Gasteiger partial charge on any atom is 0.264 e. The van der Waals surface area contributed by atoms with Gasteiger partial charge in [0.2, 0.25) is 5.91 Å². The summed E-state index contributed by atoms with van der Waals surface area (Å²) < 4.78 is 19.8. The highest BCUT2D eigenvalue weighted by atomic mass is 32.2. The zero-order valence-corrected chi connectivity index (χ0v) is 17.9. The molecule has 0 saturated heterocycles. The maximum atomic E-state index is 12.3. The van der Waals surface area contributed by atoms with Crippen LogP contribution in [-0.2, 0) is 33.3 Å². The Balaban J connectivity index is 1.20. The van der Waals surface area contributed by atoms with Crippen LogP contribution >= 0.6 is 11.3 Å².